The second-order valence-electron chi connectivity index (χ2n) is 2.15. The maximum Gasteiger partial charge on any atom is 0.0645 e. The van der Waals surface area contributed by atoms with E-state index in [1.165, 1.54) is 0 Å². The molecule has 3 heteroatoms. The lowest BCUT2D eigenvalue weighted by atomic mass is 10.1. The molecule has 1 heterocycles. The van der Waals surface area contributed by atoms with Crippen molar-refractivity contribution >= 4 is 34.7 Å². The Hall–Kier alpha value is -0.410. The number of halogens is 1. The fourth-order valence-corrected chi connectivity index (χ4v) is 0.886. The lowest BCUT2D eigenvalue weighted by Crippen LogP contribution is -2.06. The van der Waals surface area contributed by atoms with E-state index in [4.69, 9.17) is 0 Å². The van der Waals surface area contributed by atoms with Crippen LogP contribution in [0.3, 0.4) is 0 Å². The van der Waals surface area contributed by atoms with Gasteiger partial charge in [-0.25, -0.2) is 0 Å². The standard InChI is InChI=1S/C7H7IN2/c1-7(8)3-2-5-9-10-6-4-7/h2-5H,1H3/b3-2-,9-5-. The van der Waals surface area contributed by atoms with Crippen LogP contribution < -0.4 is 0 Å². The third-order valence-corrected chi connectivity index (χ3v) is 1.71. The van der Waals surface area contributed by atoms with Gasteiger partial charge in [-0.3, -0.25) is 0 Å². The molecule has 0 saturated heterocycles. The summed E-state index contributed by atoms with van der Waals surface area (Å²) < 4.78 is 0.0215. The van der Waals surface area contributed by atoms with Crippen molar-refractivity contribution in [2.75, 3.05) is 0 Å². The minimum atomic E-state index is 0.0215. The molecule has 0 saturated carbocycles. The van der Waals surface area contributed by atoms with Crippen LogP contribution in [0.5, 0.6) is 0 Å². The van der Waals surface area contributed by atoms with Gasteiger partial charge in [0, 0.05) is 5.87 Å². The summed E-state index contributed by atoms with van der Waals surface area (Å²) in [5.74, 6) is 2.72. The van der Waals surface area contributed by atoms with Gasteiger partial charge in [-0.2, -0.15) is 5.10 Å². The smallest absolute Gasteiger partial charge is 0.0645 e. The third-order valence-electron chi connectivity index (χ3n) is 1.04. The molecule has 0 N–H and O–H groups in total. The van der Waals surface area contributed by atoms with Crippen molar-refractivity contribution in [1.82, 2.24) is 0 Å². The van der Waals surface area contributed by atoms with Crippen LogP contribution in [0.4, 0.5) is 0 Å². The predicted molar refractivity (Wildman–Crippen MR) is 52.1 cm³/mol. The zero-order valence-corrected chi connectivity index (χ0v) is 7.74. The van der Waals surface area contributed by atoms with Crippen LogP contribution in [-0.4, -0.2) is 15.5 Å². The Balaban J connectivity index is 2.92. The van der Waals surface area contributed by atoms with E-state index in [1.807, 2.05) is 18.2 Å². The van der Waals surface area contributed by atoms with Crippen molar-refractivity contribution in [3.05, 3.63) is 18.2 Å². The summed E-state index contributed by atoms with van der Waals surface area (Å²) in [6, 6.07) is 0. The number of hydrogen-bond donors (Lipinski definition) is 0. The second kappa shape index (κ2) is 3.12. The Kier molecular flexibility index (Phi) is 2.40. The number of hydrogen-bond acceptors (Lipinski definition) is 2. The molecular weight excluding hydrogens is 239 g/mol. The van der Waals surface area contributed by atoms with Gasteiger partial charge in [0.05, 0.1) is 9.64 Å². The van der Waals surface area contributed by atoms with Crippen LogP contribution in [0.1, 0.15) is 6.92 Å². The van der Waals surface area contributed by atoms with Crippen molar-refractivity contribution in [3.8, 4) is 0 Å². The van der Waals surface area contributed by atoms with E-state index in [-0.39, 0.29) is 3.42 Å². The van der Waals surface area contributed by atoms with Gasteiger partial charge in [0.15, 0.2) is 0 Å². The zero-order valence-electron chi connectivity index (χ0n) is 5.58. The highest BCUT2D eigenvalue weighted by Crippen LogP contribution is 2.20. The molecule has 0 aromatic heterocycles. The molecule has 0 amide bonds. The predicted octanol–water partition coefficient (Wildman–Crippen LogP) is 1.96. The Morgan fingerprint density at radius 2 is 2.40 bits per heavy atom. The quantitative estimate of drug-likeness (QED) is 0.461. The summed E-state index contributed by atoms with van der Waals surface area (Å²) in [7, 11) is 0. The monoisotopic (exact) mass is 246 g/mol. The third kappa shape index (κ3) is 2.45. The number of alkyl halides is 1. The van der Waals surface area contributed by atoms with Gasteiger partial charge in [-0.05, 0) is 19.1 Å². The number of nitrogens with zero attached hydrogens (tertiary/aromatic N) is 2. The summed E-state index contributed by atoms with van der Waals surface area (Å²) in [6.07, 6.45) is 7.45. The molecule has 2 nitrogen and oxygen atoms in total. The summed E-state index contributed by atoms with van der Waals surface area (Å²) in [6.45, 7) is 2.08. The van der Waals surface area contributed by atoms with Gasteiger partial charge < -0.3 is 0 Å². The van der Waals surface area contributed by atoms with E-state index in [1.54, 1.807) is 6.21 Å². The van der Waals surface area contributed by atoms with E-state index in [0.29, 0.717) is 0 Å². The van der Waals surface area contributed by atoms with Crippen molar-refractivity contribution in [2.24, 2.45) is 10.2 Å². The van der Waals surface area contributed by atoms with Gasteiger partial charge in [-0.15, -0.1) is 5.10 Å². The SMILES string of the molecule is CC1(I)C=C=N/N=C\C=C/1. The highest BCUT2D eigenvalue weighted by atomic mass is 127. The van der Waals surface area contributed by atoms with E-state index in [9.17, 15) is 0 Å². The first-order chi connectivity index (χ1) is 4.71. The number of rotatable bonds is 0. The largest absolute Gasteiger partial charge is 0.150 e. The summed E-state index contributed by atoms with van der Waals surface area (Å²) in [5, 5.41) is 7.30. The Labute approximate surface area is 73.6 Å². The minimum absolute atomic E-state index is 0.0215. The summed E-state index contributed by atoms with van der Waals surface area (Å²) in [5.41, 5.74) is 0. The normalized spacial score (nSPS) is 36.6. The molecule has 1 aliphatic rings. The van der Waals surface area contributed by atoms with Gasteiger partial charge in [0.25, 0.3) is 0 Å². The zero-order chi connectivity index (χ0) is 7.45. The average Bonchev–Trinajstić information content (AvgIpc) is 1.81. The second-order valence-corrected chi connectivity index (χ2v) is 4.47. The van der Waals surface area contributed by atoms with Gasteiger partial charge in [-0.1, -0.05) is 28.7 Å². The van der Waals surface area contributed by atoms with E-state index in [2.05, 4.69) is 45.6 Å². The van der Waals surface area contributed by atoms with Gasteiger partial charge in [0.1, 0.15) is 0 Å². The lowest BCUT2D eigenvalue weighted by molar-refractivity contribution is 1.06. The van der Waals surface area contributed by atoms with Gasteiger partial charge in [0.2, 0.25) is 0 Å². The molecule has 0 radical (unpaired) electrons. The van der Waals surface area contributed by atoms with Crippen LogP contribution >= 0.6 is 22.6 Å². The van der Waals surface area contributed by atoms with Crippen molar-refractivity contribution in [2.45, 2.75) is 10.3 Å². The van der Waals surface area contributed by atoms with Crippen LogP contribution in [-0.2, 0) is 0 Å². The molecule has 0 aromatic carbocycles. The van der Waals surface area contributed by atoms with Crippen molar-refractivity contribution < 1.29 is 0 Å². The summed E-state index contributed by atoms with van der Waals surface area (Å²) >= 11 is 2.31. The van der Waals surface area contributed by atoms with Crippen molar-refractivity contribution in [1.29, 1.82) is 0 Å². The first kappa shape index (κ1) is 7.69. The molecule has 52 valence electrons. The molecule has 1 unspecified atom stereocenters. The van der Waals surface area contributed by atoms with E-state index in [0.717, 1.165) is 0 Å². The Morgan fingerprint density at radius 1 is 1.60 bits per heavy atom. The fourth-order valence-electron chi connectivity index (χ4n) is 0.540. The first-order valence-corrected chi connectivity index (χ1v) is 3.98. The molecule has 10 heavy (non-hydrogen) atoms. The van der Waals surface area contributed by atoms with Gasteiger partial charge >= 0.3 is 0 Å². The lowest BCUT2D eigenvalue weighted by Gasteiger charge is -2.08. The maximum absolute atomic E-state index is 3.66. The fraction of sp³-hybridized carbons (Fsp3) is 0.286. The van der Waals surface area contributed by atoms with Crippen molar-refractivity contribution in [3.63, 3.8) is 0 Å². The molecule has 0 aromatic rings. The molecular formula is C7H7IN2. The highest BCUT2D eigenvalue weighted by Gasteiger charge is 2.10. The van der Waals surface area contributed by atoms with E-state index < -0.39 is 0 Å². The molecule has 1 aliphatic heterocycles. The average molecular weight is 246 g/mol. The molecule has 0 aliphatic carbocycles. The van der Waals surface area contributed by atoms with Crippen LogP contribution in [0, 0.1) is 0 Å². The molecule has 1 atom stereocenters. The number of allylic oxidation sites excluding steroid dienone is 3. The Bertz CT molecular complexity index is 232. The highest BCUT2D eigenvalue weighted by molar-refractivity contribution is 14.1. The van der Waals surface area contributed by atoms with E-state index >= 15 is 0 Å². The molecule has 0 fully saturated rings. The van der Waals surface area contributed by atoms with Crippen LogP contribution in [0.25, 0.3) is 0 Å². The first-order valence-electron chi connectivity index (χ1n) is 2.90. The molecule has 0 bridgehead atoms. The Morgan fingerprint density at radius 3 is 3.20 bits per heavy atom. The summed E-state index contributed by atoms with van der Waals surface area (Å²) in [4.78, 5) is 0. The molecule has 0 spiro atoms. The minimum Gasteiger partial charge on any atom is -0.150 e. The topological polar surface area (TPSA) is 24.7 Å². The van der Waals surface area contributed by atoms with Crippen LogP contribution in [0.2, 0.25) is 0 Å². The van der Waals surface area contributed by atoms with Crippen LogP contribution in [0.15, 0.2) is 28.4 Å². The maximum atomic E-state index is 3.66. The molecule has 1 rings (SSSR count).